The van der Waals surface area contributed by atoms with Gasteiger partial charge in [0.1, 0.15) is 5.82 Å². The van der Waals surface area contributed by atoms with Crippen LogP contribution in [0.4, 0.5) is 4.79 Å². The van der Waals surface area contributed by atoms with E-state index in [1.165, 1.54) is 0 Å². The molecule has 0 bridgehead atoms. The highest BCUT2D eigenvalue weighted by atomic mass is 32.2. The SMILES string of the molecule is CCCCOC(=O)NS(=O)(=O)c1ccc(CCC)cc1-c1ccc(Cn2c(C)nc3ccccc32)cc1. The van der Waals surface area contributed by atoms with E-state index in [9.17, 15) is 13.2 Å². The molecule has 4 aromatic rings. The first-order valence-corrected chi connectivity index (χ1v) is 14.1. The number of aryl methyl sites for hydroxylation is 2. The minimum absolute atomic E-state index is 0.0454. The van der Waals surface area contributed by atoms with Gasteiger partial charge < -0.3 is 9.30 Å². The van der Waals surface area contributed by atoms with Crippen LogP contribution >= 0.6 is 0 Å². The van der Waals surface area contributed by atoms with Gasteiger partial charge >= 0.3 is 6.09 Å². The molecule has 0 fully saturated rings. The van der Waals surface area contributed by atoms with Gasteiger partial charge in [-0.05, 0) is 60.7 Å². The molecule has 37 heavy (non-hydrogen) atoms. The molecule has 0 spiro atoms. The summed E-state index contributed by atoms with van der Waals surface area (Å²) >= 11 is 0. The molecule has 4 rings (SSSR count). The molecule has 7 nitrogen and oxygen atoms in total. The summed E-state index contributed by atoms with van der Waals surface area (Å²) in [6.45, 7) is 6.86. The number of rotatable bonds is 10. The predicted molar refractivity (Wildman–Crippen MR) is 146 cm³/mol. The molecule has 1 aromatic heterocycles. The van der Waals surface area contributed by atoms with Crippen molar-refractivity contribution in [3.63, 3.8) is 0 Å². The van der Waals surface area contributed by atoms with Crippen LogP contribution in [-0.4, -0.2) is 30.7 Å². The molecule has 0 atom stereocenters. The van der Waals surface area contributed by atoms with Gasteiger partial charge in [0, 0.05) is 12.1 Å². The van der Waals surface area contributed by atoms with E-state index >= 15 is 0 Å². The number of para-hydroxylation sites is 2. The number of carbonyl (C=O) groups excluding carboxylic acids is 1. The predicted octanol–water partition coefficient (Wildman–Crippen LogP) is 6.23. The van der Waals surface area contributed by atoms with Crippen molar-refractivity contribution in [1.29, 1.82) is 0 Å². The number of hydrogen-bond donors (Lipinski definition) is 1. The summed E-state index contributed by atoms with van der Waals surface area (Å²) in [5, 5.41) is 0. The highest BCUT2D eigenvalue weighted by Gasteiger charge is 2.23. The molecule has 1 N–H and O–H groups in total. The molecule has 1 heterocycles. The lowest BCUT2D eigenvalue weighted by molar-refractivity contribution is 0.151. The van der Waals surface area contributed by atoms with Crippen LogP contribution in [0.15, 0.2) is 71.6 Å². The number of fused-ring (bicyclic) bond motifs is 1. The average molecular weight is 520 g/mol. The van der Waals surface area contributed by atoms with Gasteiger partial charge in [-0.25, -0.2) is 22.9 Å². The van der Waals surface area contributed by atoms with Crippen LogP contribution < -0.4 is 4.72 Å². The molecule has 1 amide bonds. The topological polar surface area (TPSA) is 90.3 Å². The van der Waals surface area contributed by atoms with Gasteiger partial charge in [-0.3, -0.25) is 0 Å². The zero-order chi connectivity index (χ0) is 26.4. The van der Waals surface area contributed by atoms with Crippen LogP contribution in [0.25, 0.3) is 22.2 Å². The normalized spacial score (nSPS) is 11.5. The van der Waals surface area contributed by atoms with E-state index in [4.69, 9.17) is 4.74 Å². The Bertz CT molecular complexity index is 1490. The van der Waals surface area contributed by atoms with Crippen LogP contribution in [0.1, 0.15) is 50.1 Å². The Morgan fingerprint density at radius 1 is 0.973 bits per heavy atom. The second kappa shape index (κ2) is 11.6. The average Bonchev–Trinajstić information content (AvgIpc) is 3.19. The maximum absolute atomic E-state index is 13.2. The van der Waals surface area contributed by atoms with E-state index in [-0.39, 0.29) is 11.5 Å². The molecule has 0 aliphatic rings. The zero-order valence-electron chi connectivity index (χ0n) is 21.5. The standard InChI is InChI=1S/C29H33N3O4S/c1-4-6-18-36-29(33)31-37(34,35)28-17-14-22(9-5-2)19-25(28)24-15-12-23(13-16-24)20-32-21(3)30-26-10-7-8-11-27(26)32/h7-8,10-17,19H,4-6,9,18,20H2,1-3H3,(H,31,33). The third-order valence-corrected chi connectivity index (χ3v) is 7.64. The Balaban J connectivity index is 1.63. The Hall–Kier alpha value is -3.65. The number of carbonyl (C=O) groups is 1. The van der Waals surface area contributed by atoms with E-state index < -0.39 is 16.1 Å². The third-order valence-electron chi connectivity index (χ3n) is 6.27. The summed E-state index contributed by atoms with van der Waals surface area (Å²) in [5.74, 6) is 0.933. The number of nitrogens with zero attached hydrogens (tertiary/aromatic N) is 2. The van der Waals surface area contributed by atoms with Crippen LogP contribution in [0.3, 0.4) is 0 Å². The van der Waals surface area contributed by atoms with Crippen LogP contribution in [0.5, 0.6) is 0 Å². The smallest absolute Gasteiger partial charge is 0.421 e. The van der Waals surface area contributed by atoms with Gasteiger partial charge in [-0.2, -0.15) is 0 Å². The van der Waals surface area contributed by atoms with Crippen molar-refractivity contribution >= 4 is 27.1 Å². The molecular weight excluding hydrogens is 486 g/mol. The highest BCUT2D eigenvalue weighted by molar-refractivity contribution is 7.90. The van der Waals surface area contributed by atoms with E-state index in [0.29, 0.717) is 18.5 Å². The first-order valence-electron chi connectivity index (χ1n) is 12.7. The van der Waals surface area contributed by atoms with E-state index in [2.05, 4.69) is 27.3 Å². The lowest BCUT2D eigenvalue weighted by Gasteiger charge is -2.14. The lowest BCUT2D eigenvalue weighted by Crippen LogP contribution is -2.31. The number of hydrogen-bond acceptors (Lipinski definition) is 5. The fourth-order valence-corrected chi connectivity index (χ4v) is 5.45. The first kappa shape index (κ1) is 26.4. The molecule has 8 heteroatoms. The van der Waals surface area contributed by atoms with Crippen molar-refractivity contribution in [2.45, 2.75) is 57.9 Å². The number of unbranched alkanes of at least 4 members (excludes halogenated alkanes) is 1. The van der Waals surface area contributed by atoms with Gasteiger partial charge in [0.2, 0.25) is 0 Å². The molecule has 0 saturated carbocycles. The molecule has 0 radical (unpaired) electrons. The maximum Gasteiger partial charge on any atom is 0.421 e. The van der Waals surface area contributed by atoms with Crippen LogP contribution in [-0.2, 0) is 27.7 Å². The van der Waals surface area contributed by atoms with Crippen molar-refractivity contribution in [2.75, 3.05) is 6.61 Å². The fourth-order valence-electron chi connectivity index (χ4n) is 4.35. The molecule has 0 aliphatic carbocycles. The van der Waals surface area contributed by atoms with E-state index in [1.807, 2.05) is 62.4 Å². The second-order valence-electron chi connectivity index (χ2n) is 9.11. The Labute approximate surface area is 218 Å². The highest BCUT2D eigenvalue weighted by Crippen LogP contribution is 2.30. The Kier molecular flexibility index (Phi) is 8.28. The summed E-state index contributed by atoms with van der Waals surface area (Å²) in [7, 11) is -4.13. The molecule has 0 saturated heterocycles. The van der Waals surface area contributed by atoms with Gasteiger partial charge in [0.05, 0.1) is 22.5 Å². The Morgan fingerprint density at radius 3 is 2.43 bits per heavy atom. The summed E-state index contributed by atoms with van der Waals surface area (Å²) in [6, 6.07) is 21.1. The number of imidazole rings is 1. The minimum atomic E-state index is -4.13. The molecule has 0 unspecified atom stereocenters. The summed E-state index contributed by atoms with van der Waals surface area (Å²) in [4.78, 5) is 16.8. The number of sulfonamides is 1. The number of aromatic nitrogens is 2. The number of benzene rings is 3. The van der Waals surface area contributed by atoms with Gasteiger partial charge in [-0.15, -0.1) is 0 Å². The van der Waals surface area contributed by atoms with Crippen molar-refractivity contribution in [1.82, 2.24) is 14.3 Å². The third kappa shape index (κ3) is 6.20. The molecule has 0 aliphatic heterocycles. The summed E-state index contributed by atoms with van der Waals surface area (Å²) in [6.07, 6.45) is 2.31. The maximum atomic E-state index is 13.2. The quantitative estimate of drug-likeness (QED) is 0.251. The van der Waals surface area contributed by atoms with Crippen molar-refractivity contribution in [3.8, 4) is 11.1 Å². The van der Waals surface area contributed by atoms with E-state index in [1.54, 1.807) is 12.1 Å². The summed E-state index contributed by atoms with van der Waals surface area (Å²) in [5.41, 5.74) is 5.44. The minimum Gasteiger partial charge on any atom is -0.449 e. The molecular formula is C29H33N3O4S. The second-order valence-corrected chi connectivity index (χ2v) is 10.8. The monoisotopic (exact) mass is 519 g/mol. The molecule has 3 aromatic carbocycles. The Morgan fingerprint density at radius 2 is 1.70 bits per heavy atom. The summed E-state index contributed by atoms with van der Waals surface area (Å²) < 4.78 is 35.6. The number of nitrogens with one attached hydrogen (secondary N) is 1. The van der Waals surface area contributed by atoms with E-state index in [0.717, 1.165) is 52.8 Å². The van der Waals surface area contributed by atoms with Crippen molar-refractivity contribution < 1.29 is 17.9 Å². The van der Waals surface area contributed by atoms with Crippen LogP contribution in [0, 0.1) is 6.92 Å². The number of amides is 1. The van der Waals surface area contributed by atoms with Gasteiger partial charge in [0.15, 0.2) is 0 Å². The zero-order valence-corrected chi connectivity index (χ0v) is 22.3. The largest absolute Gasteiger partial charge is 0.449 e. The number of ether oxygens (including phenoxy) is 1. The van der Waals surface area contributed by atoms with Gasteiger partial charge in [0.25, 0.3) is 10.0 Å². The van der Waals surface area contributed by atoms with Gasteiger partial charge in [-0.1, -0.05) is 69.2 Å². The molecule has 194 valence electrons. The first-order chi connectivity index (χ1) is 17.8. The van der Waals surface area contributed by atoms with Crippen molar-refractivity contribution in [2.24, 2.45) is 0 Å². The van der Waals surface area contributed by atoms with Crippen molar-refractivity contribution in [3.05, 3.63) is 83.7 Å². The lowest BCUT2D eigenvalue weighted by atomic mass is 10.00. The van der Waals surface area contributed by atoms with Crippen LogP contribution in [0.2, 0.25) is 0 Å². The fraction of sp³-hybridized carbons (Fsp3) is 0.310.